The van der Waals surface area contributed by atoms with Gasteiger partial charge in [-0.05, 0) is 55.8 Å². The number of halogens is 2. The van der Waals surface area contributed by atoms with E-state index >= 15 is 0 Å². The molecule has 1 aliphatic rings. The van der Waals surface area contributed by atoms with Crippen molar-refractivity contribution in [1.29, 1.82) is 0 Å². The molecule has 0 amide bonds. The van der Waals surface area contributed by atoms with Gasteiger partial charge in [0.1, 0.15) is 17.3 Å². The van der Waals surface area contributed by atoms with Gasteiger partial charge in [0, 0.05) is 26.2 Å². The van der Waals surface area contributed by atoms with E-state index in [0.717, 1.165) is 57.1 Å². The first-order valence-corrected chi connectivity index (χ1v) is 9.25. The highest BCUT2D eigenvalue weighted by Crippen LogP contribution is 2.28. The van der Waals surface area contributed by atoms with Crippen molar-refractivity contribution in [3.8, 4) is 11.5 Å². The summed E-state index contributed by atoms with van der Waals surface area (Å²) in [7, 11) is 1.73. The average Bonchev–Trinajstić information content (AvgIpc) is 2.69. The number of rotatable bonds is 8. The molecule has 0 aliphatic carbocycles. The molecule has 0 N–H and O–H groups in total. The van der Waals surface area contributed by atoms with E-state index in [0.29, 0.717) is 6.61 Å². The van der Waals surface area contributed by atoms with E-state index in [4.69, 9.17) is 9.47 Å². The second kappa shape index (κ2) is 11.0. The van der Waals surface area contributed by atoms with E-state index in [1.165, 1.54) is 17.8 Å². The third kappa shape index (κ3) is 6.29. The molecule has 27 heavy (non-hydrogen) atoms. The van der Waals surface area contributed by atoms with Crippen LogP contribution in [0.15, 0.2) is 48.5 Å². The molecular formula is C21H28ClFN2O2. The minimum atomic E-state index is -0.232. The predicted molar refractivity (Wildman–Crippen MR) is 104 cm³/mol. The Morgan fingerprint density at radius 3 is 2.37 bits per heavy atom. The predicted octanol–water partition coefficient (Wildman–Crippen LogP) is 0.932. The van der Waals surface area contributed by atoms with Crippen molar-refractivity contribution >= 4 is 5.69 Å². The number of para-hydroxylation sites is 2. The Hall–Kier alpha value is -1.98. The van der Waals surface area contributed by atoms with Gasteiger partial charge in [0.15, 0.2) is 0 Å². The smallest absolute Gasteiger partial charge is 1.00 e. The Balaban J connectivity index is 0.00000196. The number of benzene rings is 2. The van der Waals surface area contributed by atoms with Crippen molar-refractivity contribution in [2.24, 2.45) is 0 Å². The molecular weight excluding hydrogens is 367 g/mol. The van der Waals surface area contributed by atoms with Crippen LogP contribution >= 0.6 is 0 Å². The van der Waals surface area contributed by atoms with Gasteiger partial charge in [-0.15, -0.1) is 0 Å². The second-order valence-electron chi connectivity index (χ2n) is 6.51. The molecule has 1 fully saturated rings. The molecule has 4 nitrogen and oxygen atoms in total. The fourth-order valence-electron chi connectivity index (χ4n) is 3.26. The van der Waals surface area contributed by atoms with Crippen molar-refractivity contribution in [2.45, 2.75) is 12.8 Å². The van der Waals surface area contributed by atoms with Crippen LogP contribution in [-0.2, 0) is 0 Å². The highest BCUT2D eigenvalue weighted by atomic mass is 35.5. The molecule has 0 unspecified atom stereocenters. The number of methoxy groups -OCH3 is 1. The van der Waals surface area contributed by atoms with Crippen LogP contribution in [0.3, 0.4) is 0 Å². The number of hydrogen-bond donors (Lipinski definition) is 0. The van der Waals surface area contributed by atoms with Gasteiger partial charge in [0.25, 0.3) is 0 Å². The van der Waals surface area contributed by atoms with Gasteiger partial charge in [-0.3, -0.25) is 4.90 Å². The lowest BCUT2D eigenvalue weighted by atomic mass is 10.2. The molecule has 0 radical (unpaired) electrons. The summed E-state index contributed by atoms with van der Waals surface area (Å²) in [5.41, 5.74) is 1.18. The average molecular weight is 395 g/mol. The van der Waals surface area contributed by atoms with Crippen LogP contribution in [0.1, 0.15) is 14.3 Å². The zero-order valence-corrected chi connectivity index (χ0v) is 16.5. The fourth-order valence-corrected chi connectivity index (χ4v) is 3.26. The number of hydrogen-bond acceptors (Lipinski definition) is 4. The van der Waals surface area contributed by atoms with Crippen molar-refractivity contribution in [3.63, 3.8) is 0 Å². The number of anilines is 1. The third-order valence-electron chi connectivity index (χ3n) is 4.75. The van der Waals surface area contributed by atoms with Gasteiger partial charge < -0.3 is 26.8 Å². The van der Waals surface area contributed by atoms with Crippen LogP contribution in [0.2, 0.25) is 0 Å². The zero-order valence-electron chi connectivity index (χ0n) is 16.7. The number of piperazine rings is 1. The van der Waals surface area contributed by atoms with E-state index in [2.05, 4.69) is 21.9 Å². The first-order valence-electron chi connectivity index (χ1n) is 9.25. The summed E-state index contributed by atoms with van der Waals surface area (Å²) in [6.45, 7) is 5.94. The topological polar surface area (TPSA) is 24.9 Å². The maximum absolute atomic E-state index is 12.8. The van der Waals surface area contributed by atoms with Crippen LogP contribution in [0, 0.1) is 5.82 Å². The molecule has 1 heterocycles. The third-order valence-corrected chi connectivity index (χ3v) is 4.75. The molecule has 0 saturated carbocycles. The summed E-state index contributed by atoms with van der Waals surface area (Å²) in [5.74, 6) is 1.44. The molecule has 2 aromatic rings. The molecule has 6 heteroatoms. The van der Waals surface area contributed by atoms with Gasteiger partial charge in [-0.1, -0.05) is 12.1 Å². The van der Waals surface area contributed by atoms with Crippen LogP contribution in [0.25, 0.3) is 0 Å². The molecule has 0 atom stereocenters. The molecule has 0 bridgehead atoms. The number of ether oxygens (including phenoxy) is 2. The van der Waals surface area contributed by atoms with Gasteiger partial charge >= 0.3 is 1.43 Å². The molecule has 3 rings (SSSR count). The Morgan fingerprint density at radius 1 is 0.963 bits per heavy atom. The van der Waals surface area contributed by atoms with Gasteiger partial charge in [-0.2, -0.15) is 0 Å². The first-order chi connectivity index (χ1) is 12.8. The Labute approximate surface area is 168 Å². The maximum atomic E-state index is 12.8. The Bertz CT molecular complexity index is 682. The molecule has 0 aromatic heterocycles. The second-order valence-corrected chi connectivity index (χ2v) is 6.51. The molecule has 148 valence electrons. The van der Waals surface area contributed by atoms with E-state index in [1.807, 2.05) is 12.1 Å². The minimum absolute atomic E-state index is 0. The molecule has 0 spiro atoms. The monoisotopic (exact) mass is 394 g/mol. The zero-order chi connectivity index (χ0) is 18.2. The van der Waals surface area contributed by atoms with Gasteiger partial charge in [0.2, 0.25) is 0 Å². The number of unbranched alkanes of at least 4 members (excludes halogenated alkanes) is 1. The van der Waals surface area contributed by atoms with E-state index in [-0.39, 0.29) is 19.7 Å². The van der Waals surface area contributed by atoms with Crippen molar-refractivity contribution in [1.82, 2.24) is 4.90 Å². The summed E-state index contributed by atoms with van der Waals surface area (Å²) in [6, 6.07) is 14.4. The molecule has 1 saturated heterocycles. The number of nitrogens with zero attached hydrogens (tertiary/aromatic N) is 2. The summed E-state index contributed by atoms with van der Waals surface area (Å²) in [6.07, 6.45) is 2.11. The highest BCUT2D eigenvalue weighted by Gasteiger charge is 2.18. The maximum Gasteiger partial charge on any atom is 1.00 e. The summed E-state index contributed by atoms with van der Waals surface area (Å²) in [5, 5.41) is 0. The van der Waals surface area contributed by atoms with E-state index < -0.39 is 0 Å². The highest BCUT2D eigenvalue weighted by molar-refractivity contribution is 5.58. The summed E-state index contributed by atoms with van der Waals surface area (Å²) in [4.78, 5) is 4.90. The van der Waals surface area contributed by atoms with E-state index in [9.17, 15) is 4.39 Å². The minimum Gasteiger partial charge on any atom is -1.00 e. The summed E-state index contributed by atoms with van der Waals surface area (Å²) >= 11 is 0. The lowest BCUT2D eigenvalue weighted by molar-refractivity contribution is -0.00000662. The Kier molecular flexibility index (Phi) is 8.69. The van der Waals surface area contributed by atoms with Crippen LogP contribution < -0.4 is 26.8 Å². The SMILES string of the molecule is COc1ccccc1N1CCN(CCCCOc2ccc(F)cc2)CC1.[Cl-].[H+]. The van der Waals surface area contributed by atoms with Crippen LogP contribution in [0.4, 0.5) is 10.1 Å². The quantitative estimate of drug-likeness (QED) is 0.622. The fraction of sp³-hybridized carbons (Fsp3) is 0.429. The van der Waals surface area contributed by atoms with Gasteiger partial charge in [-0.25, -0.2) is 4.39 Å². The van der Waals surface area contributed by atoms with Crippen molar-refractivity contribution in [3.05, 3.63) is 54.3 Å². The summed E-state index contributed by atoms with van der Waals surface area (Å²) < 4.78 is 24.0. The standard InChI is InChI=1S/C21H27FN2O2.ClH/c1-25-21-7-3-2-6-20(21)24-15-13-23(14-16-24)12-4-5-17-26-19-10-8-18(22)9-11-19;/h2-3,6-11H,4-5,12-17H2,1H3;1H. The van der Waals surface area contributed by atoms with Crippen molar-refractivity contribution in [2.75, 3.05) is 51.3 Å². The van der Waals surface area contributed by atoms with Crippen LogP contribution in [0.5, 0.6) is 11.5 Å². The molecule has 1 aliphatic heterocycles. The van der Waals surface area contributed by atoms with Crippen molar-refractivity contribution < 1.29 is 27.7 Å². The normalized spacial score (nSPS) is 14.5. The van der Waals surface area contributed by atoms with Crippen LogP contribution in [-0.4, -0.2) is 51.3 Å². The lowest BCUT2D eigenvalue weighted by Gasteiger charge is -2.36. The Morgan fingerprint density at radius 2 is 1.67 bits per heavy atom. The first kappa shape index (κ1) is 21.3. The largest absolute Gasteiger partial charge is 1.00 e. The molecule has 2 aromatic carbocycles. The van der Waals surface area contributed by atoms with E-state index in [1.54, 1.807) is 19.2 Å². The lowest BCUT2D eigenvalue weighted by Crippen LogP contribution is -3.00. The van der Waals surface area contributed by atoms with Gasteiger partial charge in [0.05, 0.1) is 19.4 Å².